The van der Waals surface area contributed by atoms with E-state index in [4.69, 9.17) is 4.74 Å². The maximum atomic E-state index is 12.7. The van der Waals surface area contributed by atoms with Gasteiger partial charge in [0.25, 0.3) is 5.91 Å². The first-order valence-electron chi connectivity index (χ1n) is 9.09. The average molecular weight is 389 g/mol. The second-order valence-electron chi connectivity index (χ2n) is 6.26. The lowest BCUT2D eigenvalue weighted by atomic mass is 10.1. The highest BCUT2D eigenvalue weighted by Gasteiger charge is 2.21. The SMILES string of the molecule is CC[C@H](Oc1cccc2ccccc12)C(=O)Nc1nnc(-c2ccccc2)s1. The second-order valence-corrected chi connectivity index (χ2v) is 7.24. The summed E-state index contributed by atoms with van der Waals surface area (Å²) in [6.45, 7) is 1.92. The van der Waals surface area contributed by atoms with Crippen molar-refractivity contribution in [2.45, 2.75) is 19.4 Å². The number of hydrogen-bond donors (Lipinski definition) is 1. The van der Waals surface area contributed by atoms with Crippen LogP contribution in [0.3, 0.4) is 0 Å². The van der Waals surface area contributed by atoms with E-state index in [0.717, 1.165) is 21.3 Å². The Morgan fingerprint density at radius 2 is 1.75 bits per heavy atom. The highest BCUT2D eigenvalue weighted by Crippen LogP contribution is 2.28. The second kappa shape index (κ2) is 8.19. The number of ether oxygens (including phenoxy) is 1. The molecule has 1 amide bonds. The van der Waals surface area contributed by atoms with E-state index in [0.29, 0.717) is 17.3 Å². The van der Waals surface area contributed by atoms with Gasteiger partial charge < -0.3 is 4.74 Å². The maximum Gasteiger partial charge on any atom is 0.267 e. The van der Waals surface area contributed by atoms with E-state index in [1.807, 2.05) is 79.7 Å². The minimum absolute atomic E-state index is 0.230. The van der Waals surface area contributed by atoms with Gasteiger partial charge in [0.05, 0.1) is 0 Å². The lowest BCUT2D eigenvalue weighted by Gasteiger charge is -2.17. The van der Waals surface area contributed by atoms with Crippen molar-refractivity contribution in [1.82, 2.24) is 10.2 Å². The van der Waals surface area contributed by atoms with Crippen LogP contribution in [0.15, 0.2) is 72.8 Å². The summed E-state index contributed by atoms with van der Waals surface area (Å²) in [5.74, 6) is 0.466. The Labute approximate surface area is 167 Å². The molecule has 4 rings (SSSR count). The maximum absolute atomic E-state index is 12.7. The first kappa shape index (κ1) is 18.1. The third kappa shape index (κ3) is 3.87. The van der Waals surface area contributed by atoms with Gasteiger partial charge in [-0.1, -0.05) is 85.0 Å². The Morgan fingerprint density at radius 1 is 1.00 bits per heavy atom. The van der Waals surface area contributed by atoms with Gasteiger partial charge in [-0.2, -0.15) is 0 Å². The molecule has 4 aromatic rings. The van der Waals surface area contributed by atoms with Crippen molar-refractivity contribution in [1.29, 1.82) is 0 Å². The zero-order valence-electron chi connectivity index (χ0n) is 15.3. The molecule has 0 aliphatic heterocycles. The molecule has 5 nitrogen and oxygen atoms in total. The Kier molecular flexibility index (Phi) is 5.30. The van der Waals surface area contributed by atoms with Crippen LogP contribution in [0, 0.1) is 0 Å². The number of rotatable bonds is 6. The van der Waals surface area contributed by atoms with Crippen LogP contribution in [-0.4, -0.2) is 22.2 Å². The Bertz CT molecular complexity index is 1090. The van der Waals surface area contributed by atoms with Crippen molar-refractivity contribution in [3.8, 4) is 16.3 Å². The molecule has 1 N–H and O–H groups in total. The topological polar surface area (TPSA) is 64.1 Å². The standard InChI is InChI=1S/C22H19N3O2S/c1-2-18(27-19-14-8-12-15-9-6-7-13-17(15)19)20(26)23-22-25-24-21(28-22)16-10-4-3-5-11-16/h3-14,18H,2H2,1H3,(H,23,25,26)/t18-/m0/s1. The summed E-state index contributed by atoms with van der Waals surface area (Å²) < 4.78 is 6.05. The molecule has 0 radical (unpaired) electrons. The predicted molar refractivity (Wildman–Crippen MR) is 113 cm³/mol. The number of benzene rings is 3. The number of carbonyl (C=O) groups excluding carboxylic acids is 1. The molecule has 6 heteroatoms. The van der Waals surface area contributed by atoms with Crippen molar-refractivity contribution >= 4 is 33.1 Å². The van der Waals surface area contributed by atoms with Crippen LogP contribution in [-0.2, 0) is 4.79 Å². The first-order valence-corrected chi connectivity index (χ1v) is 9.90. The van der Waals surface area contributed by atoms with E-state index in [9.17, 15) is 4.79 Å². The van der Waals surface area contributed by atoms with E-state index in [1.54, 1.807) is 0 Å². The summed E-state index contributed by atoms with van der Waals surface area (Å²) in [7, 11) is 0. The fraction of sp³-hybridized carbons (Fsp3) is 0.136. The van der Waals surface area contributed by atoms with Crippen LogP contribution in [0.5, 0.6) is 5.75 Å². The zero-order valence-corrected chi connectivity index (χ0v) is 16.1. The van der Waals surface area contributed by atoms with Crippen molar-refractivity contribution in [3.05, 3.63) is 72.8 Å². The van der Waals surface area contributed by atoms with Crippen molar-refractivity contribution in [3.63, 3.8) is 0 Å². The fourth-order valence-electron chi connectivity index (χ4n) is 2.93. The third-order valence-electron chi connectivity index (χ3n) is 4.36. The molecule has 0 spiro atoms. The van der Waals surface area contributed by atoms with Crippen LogP contribution in [0.1, 0.15) is 13.3 Å². The van der Waals surface area contributed by atoms with Gasteiger partial charge in [-0.25, -0.2) is 0 Å². The fourth-order valence-corrected chi connectivity index (χ4v) is 3.68. The number of fused-ring (bicyclic) bond motifs is 1. The Hall–Kier alpha value is -3.25. The molecule has 0 saturated carbocycles. The highest BCUT2D eigenvalue weighted by molar-refractivity contribution is 7.18. The van der Waals surface area contributed by atoms with Gasteiger partial charge in [-0.3, -0.25) is 10.1 Å². The summed E-state index contributed by atoms with van der Waals surface area (Å²) in [4.78, 5) is 12.7. The van der Waals surface area contributed by atoms with E-state index < -0.39 is 6.10 Å². The number of carbonyl (C=O) groups is 1. The largest absolute Gasteiger partial charge is 0.480 e. The molecule has 1 atom stereocenters. The van der Waals surface area contributed by atoms with Gasteiger partial charge in [0.1, 0.15) is 10.8 Å². The van der Waals surface area contributed by atoms with Gasteiger partial charge in [0, 0.05) is 10.9 Å². The lowest BCUT2D eigenvalue weighted by molar-refractivity contribution is -0.122. The summed E-state index contributed by atoms with van der Waals surface area (Å²) in [5, 5.41) is 14.4. The molecule has 28 heavy (non-hydrogen) atoms. The van der Waals surface area contributed by atoms with E-state index in [2.05, 4.69) is 15.5 Å². The summed E-state index contributed by atoms with van der Waals surface area (Å²) >= 11 is 1.34. The first-order chi connectivity index (χ1) is 13.7. The lowest BCUT2D eigenvalue weighted by Crippen LogP contribution is -2.32. The smallest absolute Gasteiger partial charge is 0.267 e. The summed E-state index contributed by atoms with van der Waals surface area (Å²) in [6.07, 6.45) is -0.0748. The number of amides is 1. The van der Waals surface area contributed by atoms with Crippen LogP contribution in [0.2, 0.25) is 0 Å². The minimum atomic E-state index is -0.616. The van der Waals surface area contributed by atoms with Gasteiger partial charge >= 0.3 is 0 Å². The molecular formula is C22H19N3O2S. The molecular weight excluding hydrogens is 370 g/mol. The number of nitrogens with one attached hydrogen (secondary N) is 1. The van der Waals surface area contributed by atoms with Gasteiger partial charge in [0.2, 0.25) is 5.13 Å². The number of aromatic nitrogens is 2. The van der Waals surface area contributed by atoms with Gasteiger partial charge in [-0.15, -0.1) is 10.2 Å². The molecule has 0 aliphatic rings. The molecule has 0 unspecified atom stereocenters. The highest BCUT2D eigenvalue weighted by atomic mass is 32.1. The molecule has 0 bridgehead atoms. The Balaban J connectivity index is 1.49. The molecule has 1 aromatic heterocycles. The molecule has 0 aliphatic carbocycles. The third-order valence-corrected chi connectivity index (χ3v) is 5.25. The molecule has 0 fully saturated rings. The molecule has 0 saturated heterocycles. The van der Waals surface area contributed by atoms with Crippen LogP contribution < -0.4 is 10.1 Å². The number of anilines is 1. The Morgan fingerprint density at radius 3 is 2.57 bits per heavy atom. The minimum Gasteiger partial charge on any atom is -0.480 e. The average Bonchev–Trinajstić information content (AvgIpc) is 3.21. The zero-order chi connectivity index (χ0) is 19.3. The van der Waals surface area contributed by atoms with E-state index in [-0.39, 0.29) is 5.91 Å². The summed E-state index contributed by atoms with van der Waals surface area (Å²) in [6, 6.07) is 23.6. The summed E-state index contributed by atoms with van der Waals surface area (Å²) in [5.41, 5.74) is 0.972. The van der Waals surface area contributed by atoms with Crippen molar-refractivity contribution in [2.24, 2.45) is 0 Å². The van der Waals surface area contributed by atoms with Crippen LogP contribution in [0.25, 0.3) is 21.3 Å². The molecule has 3 aromatic carbocycles. The number of nitrogens with zero attached hydrogens (tertiary/aromatic N) is 2. The normalized spacial score (nSPS) is 11.9. The van der Waals surface area contributed by atoms with Crippen LogP contribution >= 0.6 is 11.3 Å². The van der Waals surface area contributed by atoms with Gasteiger partial charge in [0.15, 0.2) is 6.10 Å². The van der Waals surface area contributed by atoms with Crippen molar-refractivity contribution in [2.75, 3.05) is 5.32 Å². The monoisotopic (exact) mass is 389 g/mol. The van der Waals surface area contributed by atoms with Crippen LogP contribution in [0.4, 0.5) is 5.13 Å². The number of hydrogen-bond acceptors (Lipinski definition) is 5. The molecule has 140 valence electrons. The van der Waals surface area contributed by atoms with E-state index >= 15 is 0 Å². The van der Waals surface area contributed by atoms with Crippen molar-refractivity contribution < 1.29 is 9.53 Å². The van der Waals surface area contributed by atoms with E-state index in [1.165, 1.54) is 11.3 Å². The predicted octanol–water partition coefficient (Wildman–Crippen LogP) is 5.15. The molecule has 1 heterocycles. The van der Waals surface area contributed by atoms with Gasteiger partial charge in [-0.05, 0) is 17.9 Å². The quantitative estimate of drug-likeness (QED) is 0.495.